The zero-order chi connectivity index (χ0) is 20.8. The van der Waals surface area contributed by atoms with Gasteiger partial charge in [0.25, 0.3) is 5.91 Å². The number of piperidine rings is 1. The van der Waals surface area contributed by atoms with Gasteiger partial charge in [-0.2, -0.15) is 0 Å². The van der Waals surface area contributed by atoms with Gasteiger partial charge in [-0.05, 0) is 24.1 Å². The molecule has 0 saturated carbocycles. The molecule has 1 saturated heterocycles. The molecule has 1 unspecified atom stereocenters. The van der Waals surface area contributed by atoms with Gasteiger partial charge < -0.3 is 10.2 Å². The molecule has 2 aliphatic rings. The average molecular weight is 393 g/mol. The third kappa shape index (κ3) is 3.57. The third-order valence-electron chi connectivity index (χ3n) is 5.14. The summed E-state index contributed by atoms with van der Waals surface area (Å²) in [5.74, 6) is 0.374. The highest BCUT2D eigenvalue weighted by molar-refractivity contribution is 6.08. The van der Waals surface area contributed by atoms with Crippen LogP contribution >= 0.6 is 0 Å². The molecule has 3 heterocycles. The highest BCUT2D eigenvalue weighted by Crippen LogP contribution is 2.33. The molecular weight excluding hydrogens is 370 g/mol. The van der Waals surface area contributed by atoms with Gasteiger partial charge >= 0.3 is 0 Å². The van der Waals surface area contributed by atoms with Crippen LogP contribution in [0.4, 0.5) is 11.5 Å². The van der Waals surface area contributed by atoms with Crippen LogP contribution in [0.25, 0.3) is 0 Å². The van der Waals surface area contributed by atoms with Gasteiger partial charge in [-0.25, -0.2) is 9.97 Å². The highest BCUT2D eigenvalue weighted by atomic mass is 16.2. The van der Waals surface area contributed by atoms with Crippen LogP contribution in [-0.4, -0.2) is 38.6 Å². The first-order valence-corrected chi connectivity index (χ1v) is 9.61. The molecule has 0 bridgehead atoms. The van der Waals surface area contributed by atoms with Gasteiger partial charge in [0.15, 0.2) is 0 Å². The number of benzene rings is 1. The maximum atomic E-state index is 13.1. The normalized spacial score (nSPS) is 19.2. The summed E-state index contributed by atoms with van der Waals surface area (Å²) in [5, 5.41) is 5.56. The van der Waals surface area contributed by atoms with E-state index in [1.54, 1.807) is 12.3 Å². The SMILES string of the molecule is CC(C)(C)c1nccc(Nc2cccc3c2C(=O)N(C2CCC(=O)NC2=O)C3)n1. The number of anilines is 2. The van der Waals surface area contributed by atoms with Crippen molar-refractivity contribution in [1.82, 2.24) is 20.2 Å². The molecule has 0 aliphatic carbocycles. The van der Waals surface area contributed by atoms with Crippen LogP contribution in [0.2, 0.25) is 0 Å². The summed E-state index contributed by atoms with van der Waals surface area (Å²) >= 11 is 0. The van der Waals surface area contributed by atoms with E-state index in [0.29, 0.717) is 35.9 Å². The Morgan fingerprint density at radius 3 is 2.69 bits per heavy atom. The molecule has 2 aliphatic heterocycles. The van der Waals surface area contributed by atoms with E-state index in [-0.39, 0.29) is 23.7 Å². The van der Waals surface area contributed by atoms with Crippen molar-refractivity contribution in [1.29, 1.82) is 0 Å². The summed E-state index contributed by atoms with van der Waals surface area (Å²) in [4.78, 5) is 47.3. The van der Waals surface area contributed by atoms with Gasteiger partial charge in [0.05, 0.1) is 11.3 Å². The second kappa shape index (κ2) is 6.95. The maximum Gasteiger partial charge on any atom is 0.257 e. The molecule has 0 radical (unpaired) electrons. The van der Waals surface area contributed by atoms with Crippen LogP contribution in [0.1, 0.15) is 55.4 Å². The van der Waals surface area contributed by atoms with E-state index in [1.165, 1.54) is 4.90 Å². The second-order valence-electron chi connectivity index (χ2n) is 8.38. The predicted molar refractivity (Wildman–Crippen MR) is 107 cm³/mol. The molecule has 1 aromatic heterocycles. The Hall–Kier alpha value is -3.29. The fourth-order valence-electron chi connectivity index (χ4n) is 3.65. The molecule has 0 spiro atoms. The van der Waals surface area contributed by atoms with Crippen molar-refractivity contribution >= 4 is 29.2 Å². The molecule has 8 nitrogen and oxygen atoms in total. The number of rotatable bonds is 3. The van der Waals surface area contributed by atoms with Gasteiger partial charge in [-0.1, -0.05) is 32.9 Å². The van der Waals surface area contributed by atoms with Gasteiger partial charge in [-0.15, -0.1) is 0 Å². The molecule has 2 N–H and O–H groups in total. The summed E-state index contributed by atoms with van der Waals surface area (Å²) in [6.07, 6.45) is 2.27. The lowest BCUT2D eigenvalue weighted by molar-refractivity contribution is -0.136. The molecule has 150 valence electrons. The first kappa shape index (κ1) is 19.0. The number of amides is 3. The minimum absolute atomic E-state index is 0.200. The van der Waals surface area contributed by atoms with Crippen LogP contribution in [0.15, 0.2) is 30.5 Å². The average Bonchev–Trinajstić information content (AvgIpc) is 2.99. The minimum atomic E-state index is -0.632. The van der Waals surface area contributed by atoms with Crippen molar-refractivity contribution in [3.05, 3.63) is 47.4 Å². The largest absolute Gasteiger partial charge is 0.339 e. The molecule has 1 aromatic carbocycles. The Balaban J connectivity index is 1.62. The Kier molecular flexibility index (Phi) is 4.56. The first-order chi connectivity index (χ1) is 13.7. The Morgan fingerprint density at radius 1 is 1.17 bits per heavy atom. The van der Waals surface area contributed by atoms with E-state index in [9.17, 15) is 14.4 Å². The van der Waals surface area contributed by atoms with Crippen molar-refractivity contribution in [2.45, 2.75) is 51.6 Å². The van der Waals surface area contributed by atoms with Crippen LogP contribution in [0, 0.1) is 0 Å². The highest BCUT2D eigenvalue weighted by Gasteiger charge is 2.40. The second-order valence-corrected chi connectivity index (χ2v) is 8.38. The topological polar surface area (TPSA) is 104 Å². The summed E-state index contributed by atoms with van der Waals surface area (Å²) < 4.78 is 0. The lowest BCUT2D eigenvalue weighted by atomic mass is 9.96. The van der Waals surface area contributed by atoms with E-state index < -0.39 is 11.9 Å². The van der Waals surface area contributed by atoms with Crippen molar-refractivity contribution in [2.75, 3.05) is 5.32 Å². The molecule has 29 heavy (non-hydrogen) atoms. The number of carbonyl (C=O) groups is 3. The van der Waals surface area contributed by atoms with Gasteiger partial charge in [0.2, 0.25) is 11.8 Å². The number of carbonyl (C=O) groups excluding carboxylic acids is 3. The standard InChI is InChI=1S/C21H23N5O3/c1-21(2,3)20-22-10-9-15(24-20)23-13-6-4-5-12-11-26(19(29)17(12)13)14-7-8-16(27)25-18(14)28/h4-6,9-10,14H,7-8,11H2,1-3H3,(H,22,23,24)(H,25,27,28). The zero-order valence-electron chi connectivity index (χ0n) is 16.7. The lowest BCUT2D eigenvalue weighted by Crippen LogP contribution is -2.52. The number of fused-ring (bicyclic) bond motifs is 1. The monoisotopic (exact) mass is 393 g/mol. The number of imide groups is 1. The van der Waals surface area contributed by atoms with Gasteiger partial charge in [0, 0.05) is 24.6 Å². The van der Waals surface area contributed by atoms with Crippen LogP contribution in [0.3, 0.4) is 0 Å². The van der Waals surface area contributed by atoms with E-state index >= 15 is 0 Å². The summed E-state index contributed by atoms with van der Waals surface area (Å²) in [7, 11) is 0. The molecule has 1 atom stereocenters. The Morgan fingerprint density at radius 2 is 1.97 bits per heavy atom. The number of nitrogens with zero attached hydrogens (tertiary/aromatic N) is 3. The molecular formula is C21H23N5O3. The minimum Gasteiger partial charge on any atom is -0.339 e. The van der Waals surface area contributed by atoms with Crippen molar-refractivity contribution in [3.8, 4) is 0 Å². The van der Waals surface area contributed by atoms with Crippen molar-refractivity contribution in [3.63, 3.8) is 0 Å². The summed E-state index contributed by atoms with van der Waals surface area (Å²) in [5.41, 5.74) is 1.82. The van der Waals surface area contributed by atoms with E-state index in [2.05, 4.69) is 20.6 Å². The number of aromatic nitrogens is 2. The van der Waals surface area contributed by atoms with Gasteiger partial charge in [-0.3, -0.25) is 19.7 Å². The van der Waals surface area contributed by atoms with Crippen LogP contribution < -0.4 is 10.6 Å². The van der Waals surface area contributed by atoms with Crippen molar-refractivity contribution in [2.24, 2.45) is 0 Å². The quantitative estimate of drug-likeness (QED) is 0.776. The Bertz CT molecular complexity index is 1010. The predicted octanol–water partition coefficient (Wildman–Crippen LogP) is 2.28. The molecule has 3 amide bonds. The number of hydrogen-bond donors (Lipinski definition) is 2. The summed E-state index contributed by atoms with van der Waals surface area (Å²) in [6.45, 7) is 6.45. The molecule has 1 fully saturated rings. The van der Waals surface area contributed by atoms with E-state index in [4.69, 9.17) is 0 Å². The maximum absolute atomic E-state index is 13.1. The lowest BCUT2D eigenvalue weighted by Gasteiger charge is -2.29. The smallest absolute Gasteiger partial charge is 0.257 e. The third-order valence-corrected chi connectivity index (χ3v) is 5.14. The van der Waals surface area contributed by atoms with E-state index in [1.807, 2.05) is 39.0 Å². The fourth-order valence-corrected chi connectivity index (χ4v) is 3.65. The van der Waals surface area contributed by atoms with Crippen LogP contribution in [-0.2, 0) is 21.5 Å². The Labute approximate surface area is 168 Å². The molecule has 2 aromatic rings. The first-order valence-electron chi connectivity index (χ1n) is 9.61. The number of hydrogen-bond acceptors (Lipinski definition) is 6. The van der Waals surface area contributed by atoms with Gasteiger partial charge in [0.1, 0.15) is 17.7 Å². The van der Waals surface area contributed by atoms with E-state index in [0.717, 1.165) is 5.56 Å². The number of nitrogens with one attached hydrogen (secondary N) is 2. The van der Waals surface area contributed by atoms with Crippen LogP contribution in [0.5, 0.6) is 0 Å². The summed E-state index contributed by atoms with van der Waals surface area (Å²) in [6, 6.07) is 6.70. The molecule has 4 rings (SSSR count). The fraction of sp³-hybridized carbons (Fsp3) is 0.381. The van der Waals surface area contributed by atoms with Crippen molar-refractivity contribution < 1.29 is 14.4 Å². The molecule has 8 heteroatoms. The zero-order valence-corrected chi connectivity index (χ0v) is 16.7.